The average Bonchev–Trinajstić information content (AvgIpc) is 2.75. The molecule has 0 spiro atoms. The Kier molecular flexibility index (Phi) is 4.06. The molecule has 0 fully saturated rings. The molecule has 0 aliphatic heterocycles. The molecule has 2 rings (SSSR count). The van der Waals surface area contributed by atoms with Crippen molar-refractivity contribution in [3.8, 4) is 5.88 Å². The molecular formula is C12H15N3OS. The first-order chi connectivity index (χ1) is 8.28. The smallest absolute Gasteiger partial charge is 0.213 e. The monoisotopic (exact) mass is 249 g/mol. The fraction of sp³-hybridized carbons (Fsp3) is 0.333. The van der Waals surface area contributed by atoms with Crippen LogP contribution in [0.1, 0.15) is 16.3 Å². The molecule has 0 saturated carbocycles. The Hall–Kier alpha value is -1.46. The largest absolute Gasteiger partial charge is 0.481 e. The van der Waals surface area contributed by atoms with Crippen LogP contribution in [0.5, 0.6) is 5.88 Å². The number of hydrogen-bond acceptors (Lipinski definition) is 5. The standard InChI is InChI=1S/C12H15N3OS/c1-9-15-11(8-17-9)7-13-6-10-3-4-14-12(5-10)16-2/h3-5,8,13H,6-7H2,1-2H3. The molecule has 0 aliphatic carbocycles. The maximum Gasteiger partial charge on any atom is 0.213 e. The van der Waals surface area contributed by atoms with Crippen molar-refractivity contribution in [1.29, 1.82) is 0 Å². The van der Waals surface area contributed by atoms with Gasteiger partial charge in [0.2, 0.25) is 5.88 Å². The molecule has 17 heavy (non-hydrogen) atoms. The van der Waals surface area contributed by atoms with Crippen molar-refractivity contribution >= 4 is 11.3 Å². The van der Waals surface area contributed by atoms with Gasteiger partial charge in [0.1, 0.15) is 0 Å². The number of thiazole rings is 1. The van der Waals surface area contributed by atoms with Gasteiger partial charge in [-0.05, 0) is 18.6 Å². The molecule has 90 valence electrons. The van der Waals surface area contributed by atoms with Crippen LogP contribution in [0.2, 0.25) is 0 Å². The van der Waals surface area contributed by atoms with Crippen molar-refractivity contribution in [2.75, 3.05) is 7.11 Å². The molecule has 1 N–H and O–H groups in total. The van der Waals surface area contributed by atoms with Gasteiger partial charge in [-0.25, -0.2) is 9.97 Å². The Morgan fingerprint density at radius 3 is 3.00 bits per heavy atom. The minimum atomic E-state index is 0.647. The van der Waals surface area contributed by atoms with Crippen LogP contribution in [0.15, 0.2) is 23.7 Å². The summed E-state index contributed by atoms with van der Waals surface area (Å²) in [6.45, 7) is 3.59. The van der Waals surface area contributed by atoms with E-state index in [0.29, 0.717) is 5.88 Å². The molecule has 0 atom stereocenters. The van der Waals surface area contributed by atoms with Gasteiger partial charge in [0, 0.05) is 30.7 Å². The average molecular weight is 249 g/mol. The van der Waals surface area contributed by atoms with Gasteiger partial charge in [-0.1, -0.05) is 0 Å². The van der Waals surface area contributed by atoms with Crippen molar-refractivity contribution in [1.82, 2.24) is 15.3 Å². The lowest BCUT2D eigenvalue weighted by molar-refractivity contribution is 0.397. The second-order valence-corrected chi connectivity index (χ2v) is 4.73. The van der Waals surface area contributed by atoms with Gasteiger partial charge < -0.3 is 10.1 Å². The third-order valence-corrected chi connectivity index (χ3v) is 3.13. The molecule has 0 saturated heterocycles. The van der Waals surface area contributed by atoms with Crippen LogP contribution in [0.3, 0.4) is 0 Å². The van der Waals surface area contributed by atoms with E-state index in [1.807, 2.05) is 19.1 Å². The van der Waals surface area contributed by atoms with Crippen LogP contribution < -0.4 is 10.1 Å². The fourth-order valence-electron chi connectivity index (χ4n) is 1.50. The zero-order chi connectivity index (χ0) is 12.1. The number of pyridine rings is 1. The molecular weight excluding hydrogens is 234 g/mol. The topological polar surface area (TPSA) is 47.0 Å². The van der Waals surface area contributed by atoms with E-state index in [1.165, 1.54) is 0 Å². The second-order valence-electron chi connectivity index (χ2n) is 3.67. The van der Waals surface area contributed by atoms with Gasteiger partial charge in [0.25, 0.3) is 0 Å². The first-order valence-electron chi connectivity index (χ1n) is 5.38. The summed E-state index contributed by atoms with van der Waals surface area (Å²) in [7, 11) is 1.62. The van der Waals surface area contributed by atoms with Crippen molar-refractivity contribution < 1.29 is 4.74 Å². The van der Waals surface area contributed by atoms with Crippen molar-refractivity contribution in [3.05, 3.63) is 40.0 Å². The third kappa shape index (κ3) is 3.51. The Bertz CT molecular complexity index is 484. The Morgan fingerprint density at radius 1 is 1.41 bits per heavy atom. The molecule has 0 radical (unpaired) electrons. The van der Waals surface area contributed by atoms with E-state index >= 15 is 0 Å². The predicted molar refractivity (Wildman–Crippen MR) is 68.2 cm³/mol. The lowest BCUT2D eigenvalue weighted by Crippen LogP contribution is -2.13. The van der Waals surface area contributed by atoms with Gasteiger partial charge in [0.15, 0.2) is 0 Å². The van der Waals surface area contributed by atoms with E-state index in [2.05, 4.69) is 20.7 Å². The summed E-state index contributed by atoms with van der Waals surface area (Å²) in [5.74, 6) is 0.647. The number of rotatable bonds is 5. The van der Waals surface area contributed by atoms with E-state index in [1.54, 1.807) is 24.6 Å². The highest BCUT2D eigenvalue weighted by Crippen LogP contribution is 2.10. The zero-order valence-electron chi connectivity index (χ0n) is 9.93. The molecule has 0 aliphatic rings. The van der Waals surface area contributed by atoms with Gasteiger partial charge in [-0.15, -0.1) is 11.3 Å². The first kappa shape index (κ1) is 12.0. The zero-order valence-corrected chi connectivity index (χ0v) is 10.8. The Labute approximate surface area is 105 Å². The predicted octanol–water partition coefficient (Wildman–Crippen LogP) is 2.14. The molecule has 5 heteroatoms. The number of nitrogens with zero attached hydrogens (tertiary/aromatic N) is 2. The highest BCUT2D eigenvalue weighted by atomic mass is 32.1. The van der Waals surface area contributed by atoms with Gasteiger partial charge in [-0.3, -0.25) is 0 Å². The highest BCUT2D eigenvalue weighted by Gasteiger charge is 1.99. The Balaban J connectivity index is 1.85. The van der Waals surface area contributed by atoms with Gasteiger partial charge >= 0.3 is 0 Å². The third-order valence-electron chi connectivity index (χ3n) is 2.31. The second kappa shape index (κ2) is 5.75. The Morgan fingerprint density at radius 2 is 2.29 bits per heavy atom. The minimum Gasteiger partial charge on any atom is -0.481 e. The van der Waals surface area contributed by atoms with Gasteiger partial charge in [0.05, 0.1) is 17.8 Å². The summed E-state index contributed by atoms with van der Waals surface area (Å²) in [6.07, 6.45) is 1.75. The molecule has 0 aromatic carbocycles. The van der Waals surface area contributed by atoms with E-state index in [-0.39, 0.29) is 0 Å². The van der Waals surface area contributed by atoms with Crippen LogP contribution in [0, 0.1) is 6.92 Å². The number of methoxy groups -OCH3 is 1. The van der Waals surface area contributed by atoms with Crippen molar-refractivity contribution in [2.24, 2.45) is 0 Å². The lowest BCUT2D eigenvalue weighted by Gasteiger charge is -2.04. The van der Waals surface area contributed by atoms with Crippen LogP contribution in [-0.4, -0.2) is 17.1 Å². The molecule has 4 nitrogen and oxygen atoms in total. The van der Waals surface area contributed by atoms with Crippen molar-refractivity contribution in [2.45, 2.75) is 20.0 Å². The summed E-state index contributed by atoms with van der Waals surface area (Å²) in [5, 5.41) is 6.53. The highest BCUT2D eigenvalue weighted by molar-refractivity contribution is 7.09. The SMILES string of the molecule is COc1cc(CNCc2csc(C)n2)ccn1. The van der Waals surface area contributed by atoms with Crippen LogP contribution in [0.25, 0.3) is 0 Å². The summed E-state index contributed by atoms with van der Waals surface area (Å²) in [5.41, 5.74) is 2.25. The normalized spacial score (nSPS) is 10.5. The minimum absolute atomic E-state index is 0.647. The summed E-state index contributed by atoms with van der Waals surface area (Å²) < 4.78 is 5.07. The van der Waals surface area contributed by atoms with Crippen LogP contribution in [0.4, 0.5) is 0 Å². The molecule has 2 aromatic rings. The van der Waals surface area contributed by atoms with Gasteiger partial charge in [-0.2, -0.15) is 0 Å². The van der Waals surface area contributed by atoms with Crippen LogP contribution >= 0.6 is 11.3 Å². The van der Waals surface area contributed by atoms with Crippen LogP contribution in [-0.2, 0) is 13.1 Å². The summed E-state index contributed by atoms with van der Waals surface area (Å²) >= 11 is 1.68. The van der Waals surface area contributed by atoms with E-state index in [9.17, 15) is 0 Å². The molecule has 0 bridgehead atoms. The van der Waals surface area contributed by atoms with E-state index < -0.39 is 0 Å². The quantitative estimate of drug-likeness (QED) is 0.882. The number of aryl methyl sites for hydroxylation is 1. The van der Waals surface area contributed by atoms with E-state index in [4.69, 9.17) is 4.74 Å². The number of nitrogens with one attached hydrogen (secondary N) is 1. The lowest BCUT2D eigenvalue weighted by atomic mass is 10.2. The molecule has 0 unspecified atom stereocenters. The summed E-state index contributed by atoms with van der Waals surface area (Å²) in [4.78, 5) is 8.46. The fourth-order valence-corrected chi connectivity index (χ4v) is 2.11. The molecule has 2 aromatic heterocycles. The first-order valence-corrected chi connectivity index (χ1v) is 6.26. The maximum atomic E-state index is 5.07. The number of ether oxygens (including phenoxy) is 1. The number of aromatic nitrogens is 2. The van der Waals surface area contributed by atoms with Crippen molar-refractivity contribution in [3.63, 3.8) is 0 Å². The molecule has 2 heterocycles. The number of hydrogen-bond donors (Lipinski definition) is 1. The van der Waals surface area contributed by atoms with E-state index in [0.717, 1.165) is 29.4 Å². The maximum absolute atomic E-state index is 5.07. The molecule has 0 amide bonds. The summed E-state index contributed by atoms with van der Waals surface area (Å²) in [6, 6.07) is 3.90.